The zero-order valence-electron chi connectivity index (χ0n) is 9.47. The van der Waals surface area contributed by atoms with Crippen LogP contribution >= 0.6 is 0 Å². The van der Waals surface area contributed by atoms with E-state index >= 15 is 0 Å². The van der Waals surface area contributed by atoms with Gasteiger partial charge >= 0.3 is 0 Å². The molecule has 1 aromatic rings. The molecule has 1 fully saturated rings. The molecular formula is C11H18N4O. The van der Waals surface area contributed by atoms with E-state index < -0.39 is 0 Å². The van der Waals surface area contributed by atoms with E-state index in [9.17, 15) is 0 Å². The van der Waals surface area contributed by atoms with Crippen LogP contribution in [0.3, 0.4) is 0 Å². The number of morpholine rings is 1. The summed E-state index contributed by atoms with van der Waals surface area (Å²) in [6.45, 7) is 2.50. The number of pyridine rings is 1. The van der Waals surface area contributed by atoms with E-state index in [1.807, 2.05) is 0 Å². The van der Waals surface area contributed by atoms with Crippen molar-refractivity contribution in [1.82, 2.24) is 9.88 Å². The van der Waals surface area contributed by atoms with Crippen LogP contribution < -0.4 is 11.5 Å². The van der Waals surface area contributed by atoms with Gasteiger partial charge in [0.05, 0.1) is 18.8 Å². The molecule has 2 rings (SSSR count). The Balaban J connectivity index is 2.12. The summed E-state index contributed by atoms with van der Waals surface area (Å²) in [4.78, 5) is 6.26. The Kier molecular flexibility index (Phi) is 3.38. The van der Waals surface area contributed by atoms with E-state index in [1.54, 1.807) is 18.5 Å². The second-order valence-corrected chi connectivity index (χ2v) is 4.20. The van der Waals surface area contributed by atoms with Gasteiger partial charge in [-0.2, -0.15) is 0 Å². The fourth-order valence-electron chi connectivity index (χ4n) is 1.92. The van der Waals surface area contributed by atoms with Crippen molar-refractivity contribution in [3.63, 3.8) is 0 Å². The predicted octanol–water partition coefficient (Wildman–Crippen LogP) is -0.00580. The lowest BCUT2D eigenvalue weighted by Crippen LogP contribution is -2.45. The molecule has 5 heteroatoms. The molecular weight excluding hydrogens is 204 g/mol. The largest absolute Gasteiger partial charge is 0.398 e. The lowest BCUT2D eigenvalue weighted by Gasteiger charge is -2.33. The number of hydrogen-bond acceptors (Lipinski definition) is 5. The highest BCUT2D eigenvalue weighted by Gasteiger charge is 2.26. The van der Waals surface area contributed by atoms with Crippen molar-refractivity contribution in [2.75, 3.05) is 32.5 Å². The number of nitrogens with two attached hydrogens (primary N) is 2. The Morgan fingerprint density at radius 3 is 3.12 bits per heavy atom. The minimum atomic E-state index is -0.212. The maximum atomic E-state index is 6.16. The molecule has 1 aliphatic rings. The summed E-state index contributed by atoms with van der Waals surface area (Å²) in [6.07, 6.45) is 3.38. The Bertz CT molecular complexity index is 358. The van der Waals surface area contributed by atoms with E-state index in [4.69, 9.17) is 16.2 Å². The molecule has 1 aliphatic heterocycles. The Hall–Kier alpha value is -1.17. The highest BCUT2D eigenvalue weighted by Crippen LogP contribution is 2.23. The predicted molar refractivity (Wildman–Crippen MR) is 62.8 cm³/mol. The molecule has 2 heterocycles. The highest BCUT2D eigenvalue weighted by molar-refractivity contribution is 5.46. The van der Waals surface area contributed by atoms with Gasteiger partial charge in [-0.05, 0) is 13.1 Å². The number of anilines is 1. The first kappa shape index (κ1) is 11.3. The second-order valence-electron chi connectivity index (χ2n) is 4.20. The zero-order valence-corrected chi connectivity index (χ0v) is 9.47. The van der Waals surface area contributed by atoms with Gasteiger partial charge in [-0.3, -0.25) is 4.98 Å². The summed E-state index contributed by atoms with van der Waals surface area (Å²) in [7, 11) is 2.06. The molecule has 4 N–H and O–H groups in total. The van der Waals surface area contributed by atoms with Crippen LogP contribution in [0.2, 0.25) is 0 Å². The van der Waals surface area contributed by atoms with Gasteiger partial charge < -0.3 is 21.1 Å². The summed E-state index contributed by atoms with van der Waals surface area (Å²) < 4.78 is 5.67. The number of likely N-dealkylation sites (N-methyl/N-ethyl adjacent to an activating group) is 1. The van der Waals surface area contributed by atoms with E-state index in [0.29, 0.717) is 5.69 Å². The monoisotopic (exact) mass is 222 g/mol. The lowest BCUT2D eigenvalue weighted by atomic mass is 10.0. The van der Waals surface area contributed by atoms with Gasteiger partial charge in [0.2, 0.25) is 0 Å². The quantitative estimate of drug-likeness (QED) is 0.736. The number of ether oxygens (including phenoxy) is 1. The Labute approximate surface area is 95.4 Å². The van der Waals surface area contributed by atoms with Crippen LogP contribution in [-0.4, -0.2) is 42.7 Å². The maximum absolute atomic E-state index is 6.16. The topological polar surface area (TPSA) is 77.4 Å². The SMILES string of the molecule is CN1CCOC(C(N)c2cnccc2N)C1. The fourth-order valence-corrected chi connectivity index (χ4v) is 1.92. The highest BCUT2D eigenvalue weighted by atomic mass is 16.5. The number of aromatic nitrogens is 1. The molecule has 2 unspecified atom stereocenters. The van der Waals surface area contributed by atoms with Gasteiger partial charge in [0, 0.05) is 36.7 Å². The van der Waals surface area contributed by atoms with Crippen molar-refractivity contribution in [2.24, 2.45) is 5.73 Å². The van der Waals surface area contributed by atoms with Crippen molar-refractivity contribution in [3.05, 3.63) is 24.0 Å². The number of hydrogen-bond donors (Lipinski definition) is 2. The van der Waals surface area contributed by atoms with Crippen molar-refractivity contribution < 1.29 is 4.74 Å². The number of nitrogen functional groups attached to an aromatic ring is 1. The molecule has 1 saturated heterocycles. The van der Waals surface area contributed by atoms with Crippen molar-refractivity contribution >= 4 is 5.69 Å². The molecule has 0 saturated carbocycles. The van der Waals surface area contributed by atoms with Crippen LogP contribution in [0.1, 0.15) is 11.6 Å². The van der Waals surface area contributed by atoms with E-state index in [2.05, 4.69) is 16.9 Å². The van der Waals surface area contributed by atoms with Gasteiger partial charge in [0.15, 0.2) is 0 Å². The molecule has 16 heavy (non-hydrogen) atoms. The standard InChI is InChI=1S/C11H18N4O/c1-15-4-5-16-10(7-15)11(13)8-6-14-3-2-9(8)12/h2-3,6,10-11H,4-5,7,13H2,1H3,(H2,12,14). The normalized spacial score (nSPS) is 24.2. The van der Waals surface area contributed by atoms with E-state index in [1.165, 1.54) is 0 Å². The second kappa shape index (κ2) is 4.78. The molecule has 88 valence electrons. The first-order chi connectivity index (χ1) is 7.68. The molecule has 0 radical (unpaired) electrons. The van der Waals surface area contributed by atoms with Gasteiger partial charge in [0.25, 0.3) is 0 Å². The van der Waals surface area contributed by atoms with Crippen molar-refractivity contribution in [3.8, 4) is 0 Å². The zero-order chi connectivity index (χ0) is 11.5. The van der Waals surface area contributed by atoms with Gasteiger partial charge in [-0.1, -0.05) is 0 Å². The van der Waals surface area contributed by atoms with Gasteiger partial charge in [-0.25, -0.2) is 0 Å². The molecule has 1 aromatic heterocycles. The van der Waals surface area contributed by atoms with Crippen LogP contribution in [0.15, 0.2) is 18.5 Å². The van der Waals surface area contributed by atoms with Crippen LogP contribution in [0.4, 0.5) is 5.69 Å². The third-order valence-electron chi connectivity index (χ3n) is 2.94. The van der Waals surface area contributed by atoms with Crippen LogP contribution in [0.5, 0.6) is 0 Å². The van der Waals surface area contributed by atoms with Gasteiger partial charge in [0.1, 0.15) is 0 Å². The third-order valence-corrected chi connectivity index (χ3v) is 2.94. The maximum Gasteiger partial charge on any atom is 0.0896 e. The van der Waals surface area contributed by atoms with Gasteiger partial charge in [-0.15, -0.1) is 0 Å². The average molecular weight is 222 g/mol. The van der Waals surface area contributed by atoms with Crippen LogP contribution in [0.25, 0.3) is 0 Å². The smallest absolute Gasteiger partial charge is 0.0896 e. The first-order valence-corrected chi connectivity index (χ1v) is 5.43. The Morgan fingerprint density at radius 1 is 1.62 bits per heavy atom. The fraction of sp³-hybridized carbons (Fsp3) is 0.545. The lowest BCUT2D eigenvalue weighted by molar-refractivity contribution is -0.0325. The summed E-state index contributed by atoms with van der Waals surface area (Å²) in [6, 6.07) is 1.55. The van der Waals surface area contributed by atoms with E-state index in [0.717, 1.165) is 25.3 Å². The molecule has 0 aromatic carbocycles. The Morgan fingerprint density at radius 2 is 2.44 bits per heavy atom. The van der Waals surface area contributed by atoms with Crippen molar-refractivity contribution in [1.29, 1.82) is 0 Å². The third kappa shape index (κ3) is 2.32. The minimum absolute atomic E-state index is 0.00903. The molecule has 0 amide bonds. The summed E-state index contributed by atoms with van der Waals surface area (Å²) in [5, 5.41) is 0. The van der Waals surface area contributed by atoms with Crippen LogP contribution in [-0.2, 0) is 4.74 Å². The first-order valence-electron chi connectivity index (χ1n) is 5.43. The number of rotatable bonds is 2. The summed E-state index contributed by atoms with van der Waals surface area (Å²) in [5.74, 6) is 0. The summed E-state index contributed by atoms with van der Waals surface area (Å²) in [5.41, 5.74) is 13.6. The van der Waals surface area contributed by atoms with Crippen LogP contribution in [0, 0.1) is 0 Å². The molecule has 0 aliphatic carbocycles. The molecule has 0 spiro atoms. The summed E-state index contributed by atoms with van der Waals surface area (Å²) >= 11 is 0. The average Bonchev–Trinajstić information content (AvgIpc) is 2.29. The molecule has 0 bridgehead atoms. The number of nitrogens with zero attached hydrogens (tertiary/aromatic N) is 2. The minimum Gasteiger partial charge on any atom is -0.398 e. The molecule has 2 atom stereocenters. The molecule has 5 nitrogen and oxygen atoms in total. The van der Waals surface area contributed by atoms with E-state index in [-0.39, 0.29) is 12.1 Å². The van der Waals surface area contributed by atoms with Crippen molar-refractivity contribution in [2.45, 2.75) is 12.1 Å².